The normalized spacial score (nSPS) is 9.93. The number of aromatic amines is 1. The average molecular weight is 224 g/mol. The van der Waals surface area contributed by atoms with Crippen LogP contribution in [0, 0.1) is 0 Å². The van der Waals surface area contributed by atoms with Gasteiger partial charge in [-0.15, -0.1) is 5.10 Å². The summed E-state index contributed by atoms with van der Waals surface area (Å²) in [6.45, 7) is 0. The highest BCUT2D eigenvalue weighted by molar-refractivity contribution is 6.32. The second-order valence-electron chi connectivity index (χ2n) is 2.68. The number of nitrogens with zero attached hydrogens (tertiary/aromatic N) is 2. The van der Waals surface area contributed by atoms with Crippen molar-refractivity contribution in [1.82, 2.24) is 15.4 Å². The van der Waals surface area contributed by atoms with Gasteiger partial charge in [0, 0.05) is 0 Å². The lowest BCUT2D eigenvalue weighted by atomic mass is 10.3. The number of ether oxygens (including phenoxy) is 1. The van der Waals surface area contributed by atoms with Crippen molar-refractivity contribution in [2.45, 2.75) is 0 Å². The first-order chi connectivity index (χ1) is 7.27. The molecule has 1 N–H and O–H groups in total. The number of nitrogens with one attached hydrogen (secondary N) is 1. The Hall–Kier alpha value is -1.88. The smallest absolute Gasteiger partial charge is 0.365 e. The minimum Gasteiger partial charge on any atom is -0.420 e. The number of H-pyrrole nitrogens is 1. The first kappa shape index (κ1) is 9.67. The molecule has 0 unspecified atom stereocenters. The molecule has 1 heterocycles. The fourth-order valence-electron chi connectivity index (χ4n) is 0.980. The standard InChI is InChI=1S/C9H6ClN3O2/c10-6-3-1-2-4-8(6)15-9(14)7-5-11-13-12-7/h1-5H,(H,11,12,13). The number of hydrogen-bond acceptors (Lipinski definition) is 4. The molecule has 1 aromatic carbocycles. The highest BCUT2D eigenvalue weighted by Gasteiger charge is 2.12. The lowest BCUT2D eigenvalue weighted by Gasteiger charge is -2.02. The van der Waals surface area contributed by atoms with Crippen LogP contribution >= 0.6 is 11.6 Å². The summed E-state index contributed by atoms with van der Waals surface area (Å²) in [7, 11) is 0. The molecule has 1 aromatic heterocycles. The van der Waals surface area contributed by atoms with Crippen molar-refractivity contribution in [2.24, 2.45) is 0 Å². The molecule has 6 heteroatoms. The van der Waals surface area contributed by atoms with Crippen molar-refractivity contribution < 1.29 is 9.53 Å². The summed E-state index contributed by atoms with van der Waals surface area (Å²) < 4.78 is 5.00. The van der Waals surface area contributed by atoms with Gasteiger partial charge in [-0.05, 0) is 12.1 Å². The predicted molar refractivity (Wildman–Crippen MR) is 52.8 cm³/mol. The maximum Gasteiger partial charge on any atom is 0.365 e. The molecule has 2 rings (SSSR count). The van der Waals surface area contributed by atoms with E-state index in [-0.39, 0.29) is 5.69 Å². The number of para-hydroxylation sites is 1. The first-order valence-electron chi connectivity index (χ1n) is 4.10. The molecule has 0 saturated heterocycles. The minimum atomic E-state index is -0.600. The van der Waals surface area contributed by atoms with Gasteiger partial charge in [-0.25, -0.2) is 4.79 Å². The summed E-state index contributed by atoms with van der Waals surface area (Å²) in [5.74, 6) is -0.302. The maximum absolute atomic E-state index is 11.4. The molecule has 0 aliphatic carbocycles. The van der Waals surface area contributed by atoms with Crippen molar-refractivity contribution in [1.29, 1.82) is 0 Å². The molecule has 2 aromatic rings. The van der Waals surface area contributed by atoms with E-state index in [1.807, 2.05) is 0 Å². The van der Waals surface area contributed by atoms with Gasteiger partial charge in [0.1, 0.15) is 5.75 Å². The number of carbonyl (C=O) groups is 1. The maximum atomic E-state index is 11.4. The van der Waals surface area contributed by atoms with Gasteiger partial charge >= 0.3 is 5.97 Å². The fourth-order valence-corrected chi connectivity index (χ4v) is 1.15. The van der Waals surface area contributed by atoms with Crippen LogP contribution in [-0.2, 0) is 0 Å². The number of rotatable bonds is 2. The second-order valence-corrected chi connectivity index (χ2v) is 3.08. The van der Waals surface area contributed by atoms with Crippen LogP contribution in [0.3, 0.4) is 0 Å². The van der Waals surface area contributed by atoms with Gasteiger partial charge in [-0.1, -0.05) is 23.7 Å². The molecule has 0 radical (unpaired) electrons. The second kappa shape index (κ2) is 4.10. The Labute approximate surface area is 90.0 Å². The summed E-state index contributed by atoms with van der Waals surface area (Å²) in [4.78, 5) is 11.4. The number of hydrogen-bond donors (Lipinski definition) is 1. The highest BCUT2D eigenvalue weighted by Crippen LogP contribution is 2.23. The lowest BCUT2D eigenvalue weighted by Crippen LogP contribution is -2.09. The summed E-state index contributed by atoms with van der Waals surface area (Å²) in [5, 5.41) is 9.77. The van der Waals surface area contributed by atoms with Gasteiger partial charge in [0.25, 0.3) is 0 Å². The molecule has 15 heavy (non-hydrogen) atoms. The van der Waals surface area contributed by atoms with Crippen molar-refractivity contribution in [3.63, 3.8) is 0 Å². The minimum absolute atomic E-state index is 0.106. The molecule has 5 nitrogen and oxygen atoms in total. The van der Waals surface area contributed by atoms with Crippen molar-refractivity contribution in [3.05, 3.63) is 41.2 Å². The van der Waals surface area contributed by atoms with Crippen LogP contribution in [0.15, 0.2) is 30.5 Å². The van der Waals surface area contributed by atoms with Crippen molar-refractivity contribution >= 4 is 17.6 Å². The number of aromatic nitrogens is 3. The van der Waals surface area contributed by atoms with Gasteiger partial charge < -0.3 is 4.74 Å². The molecule has 0 aliphatic heterocycles. The zero-order valence-electron chi connectivity index (χ0n) is 7.48. The van der Waals surface area contributed by atoms with Crippen molar-refractivity contribution in [2.75, 3.05) is 0 Å². The molecular weight excluding hydrogens is 218 g/mol. The summed E-state index contributed by atoms with van der Waals surface area (Å²) in [5.41, 5.74) is 0.106. The third-order valence-corrected chi connectivity index (χ3v) is 1.98. The zero-order valence-corrected chi connectivity index (χ0v) is 8.23. The average Bonchev–Trinajstić information content (AvgIpc) is 2.74. The van der Waals surface area contributed by atoms with Gasteiger partial charge in [0.05, 0.1) is 11.2 Å². The van der Waals surface area contributed by atoms with Crippen LogP contribution in [0.1, 0.15) is 10.5 Å². The van der Waals surface area contributed by atoms with E-state index in [0.29, 0.717) is 10.8 Å². The van der Waals surface area contributed by atoms with E-state index in [1.165, 1.54) is 6.20 Å². The van der Waals surface area contributed by atoms with E-state index in [9.17, 15) is 4.79 Å². The third kappa shape index (κ3) is 2.13. The van der Waals surface area contributed by atoms with E-state index in [2.05, 4.69) is 15.4 Å². The highest BCUT2D eigenvalue weighted by atomic mass is 35.5. The quantitative estimate of drug-likeness (QED) is 0.621. The van der Waals surface area contributed by atoms with Crippen LogP contribution in [0.25, 0.3) is 0 Å². The van der Waals surface area contributed by atoms with E-state index >= 15 is 0 Å². The van der Waals surface area contributed by atoms with Gasteiger partial charge in [-0.3, -0.25) is 0 Å². The topological polar surface area (TPSA) is 67.9 Å². The van der Waals surface area contributed by atoms with E-state index < -0.39 is 5.97 Å². The predicted octanol–water partition coefficient (Wildman–Crippen LogP) is 1.68. The molecule has 0 aliphatic rings. The van der Waals surface area contributed by atoms with E-state index in [1.54, 1.807) is 24.3 Å². The molecule has 76 valence electrons. The van der Waals surface area contributed by atoms with Gasteiger partial charge in [0.15, 0.2) is 5.69 Å². The summed E-state index contributed by atoms with van der Waals surface area (Å²) in [6, 6.07) is 6.69. The van der Waals surface area contributed by atoms with Gasteiger partial charge in [0.2, 0.25) is 0 Å². The fraction of sp³-hybridized carbons (Fsp3) is 0. The number of halogens is 1. The van der Waals surface area contributed by atoms with Crippen LogP contribution in [0.2, 0.25) is 5.02 Å². The largest absolute Gasteiger partial charge is 0.420 e. The Balaban J connectivity index is 2.17. The SMILES string of the molecule is O=C(Oc1ccccc1Cl)c1cn[nH]n1. The Morgan fingerprint density at radius 1 is 1.40 bits per heavy atom. The first-order valence-corrected chi connectivity index (χ1v) is 4.47. The van der Waals surface area contributed by atoms with Crippen LogP contribution in [-0.4, -0.2) is 21.4 Å². The molecule has 0 bridgehead atoms. The summed E-state index contributed by atoms with van der Waals surface area (Å²) >= 11 is 5.81. The van der Waals surface area contributed by atoms with Crippen LogP contribution in [0.5, 0.6) is 5.75 Å². The van der Waals surface area contributed by atoms with E-state index in [4.69, 9.17) is 16.3 Å². The molecule has 0 spiro atoms. The monoisotopic (exact) mass is 223 g/mol. The Bertz CT molecular complexity index is 470. The molecule has 0 amide bonds. The van der Waals surface area contributed by atoms with Gasteiger partial charge in [-0.2, -0.15) is 10.3 Å². The molecule has 0 fully saturated rings. The third-order valence-electron chi connectivity index (χ3n) is 1.66. The zero-order chi connectivity index (χ0) is 10.7. The lowest BCUT2D eigenvalue weighted by molar-refractivity contribution is 0.0728. The Morgan fingerprint density at radius 3 is 2.87 bits per heavy atom. The Kier molecular flexibility index (Phi) is 2.64. The summed E-state index contributed by atoms with van der Waals surface area (Å²) in [6.07, 6.45) is 1.28. The van der Waals surface area contributed by atoms with Crippen molar-refractivity contribution in [3.8, 4) is 5.75 Å². The molecular formula is C9H6ClN3O2. The number of carbonyl (C=O) groups excluding carboxylic acids is 1. The number of esters is 1. The van der Waals surface area contributed by atoms with Crippen LogP contribution < -0.4 is 4.74 Å². The Morgan fingerprint density at radius 2 is 2.20 bits per heavy atom. The molecule has 0 atom stereocenters. The molecule has 0 saturated carbocycles. The van der Waals surface area contributed by atoms with Crippen LogP contribution in [0.4, 0.5) is 0 Å². The van der Waals surface area contributed by atoms with E-state index in [0.717, 1.165) is 0 Å². The number of benzene rings is 1.